The zero-order valence-corrected chi connectivity index (χ0v) is 17.4. The van der Waals surface area contributed by atoms with Crippen molar-refractivity contribution >= 4 is 18.0 Å². The van der Waals surface area contributed by atoms with Crippen LogP contribution in [-0.4, -0.2) is 54.2 Å². The Kier molecular flexibility index (Phi) is 5.93. The summed E-state index contributed by atoms with van der Waals surface area (Å²) in [5, 5.41) is 11.7. The van der Waals surface area contributed by atoms with Crippen LogP contribution in [0.25, 0.3) is 11.1 Å². The van der Waals surface area contributed by atoms with Crippen molar-refractivity contribution in [1.82, 2.24) is 10.2 Å². The van der Waals surface area contributed by atoms with Gasteiger partial charge in [-0.25, -0.2) is 4.79 Å². The number of alkyl carbamates (subject to hydrolysis) is 1. The number of rotatable bonds is 8. The molecule has 0 aromatic heterocycles. The molecular weight excluding hydrogens is 396 g/mol. The summed E-state index contributed by atoms with van der Waals surface area (Å²) in [7, 11) is 0. The Morgan fingerprint density at radius 3 is 2.26 bits per heavy atom. The number of carbonyl (C=O) groups excluding carboxylic acids is 2. The van der Waals surface area contributed by atoms with Gasteiger partial charge in [0.2, 0.25) is 5.91 Å². The topological polar surface area (TPSA) is 95.9 Å². The van der Waals surface area contributed by atoms with E-state index in [9.17, 15) is 14.4 Å². The lowest BCUT2D eigenvalue weighted by atomic mass is 9.98. The predicted octanol–water partition coefficient (Wildman–Crippen LogP) is 3.09. The quantitative estimate of drug-likeness (QED) is 0.682. The Morgan fingerprint density at radius 1 is 1.06 bits per heavy atom. The van der Waals surface area contributed by atoms with Crippen molar-refractivity contribution < 1.29 is 24.2 Å². The van der Waals surface area contributed by atoms with Crippen LogP contribution >= 0.6 is 0 Å². The van der Waals surface area contributed by atoms with Gasteiger partial charge in [-0.1, -0.05) is 48.5 Å². The van der Waals surface area contributed by atoms with Gasteiger partial charge in [-0.15, -0.1) is 0 Å². The highest BCUT2D eigenvalue weighted by molar-refractivity contribution is 5.85. The molecule has 1 fully saturated rings. The standard InChI is InChI=1S/C24H26N2O5/c1-2-26(13-22(27)28)23(29)20-11-15(20)12-25-24(30)31-14-21-18-9-5-3-7-16(18)17-8-4-6-10-19(17)21/h3-10,15,20-21H,2,11-14H2,1H3,(H,25,30)(H,27,28)/t15-,20-/m1/s1. The fourth-order valence-electron chi connectivity index (χ4n) is 4.38. The van der Waals surface area contributed by atoms with Gasteiger partial charge < -0.3 is 20.1 Å². The Hall–Kier alpha value is -3.35. The average Bonchev–Trinajstić information content (AvgIpc) is 3.49. The largest absolute Gasteiger partial charge is 0.480 e. The fourth-order valence-corrected chi connectivity index (χ4v) is 4.38. The summed E-state index contributed by atoms with van der Waals surface area (Å²) in [5.74, 6) is -1.39. The van der Waals surface area contributed by atoms with Crippen molar-refractivity contribution in [2.24, 2.45) is 11.8 Å². The normalized spacial score (nSPS) is 18.6. The van der Waals surface area contributed by atoms with Crippen LogP contribution in [0, 0.1) is 11.8 Å². The Morgan fingerprint density at radius 2 is 1.68 bits per heavy atom. The van der Waals surface area contributed by atoms with E-state index < -0.39 is 12.1 Å². The third-order valence-electron chi connectivity index (χ3n) is 6.11. The fraction of sp³-hybridized carbons (Fsp3) is 0.375. The summed E-state index contributed by atoms with van der Waals surface area (Å²) >= 11 is 0. The highest BCUT2D eigenvalue weighted by Gasteiger charge is 2.45. The molecule has 0 radical (unpaired) electrons. The Bertz CT molecular complexity index is 959. The number of likely N-dealkylation sites (N-methyl/N-ethyl adjacent to an activating group) is 1. The van der Waals surface area contributed by atoms with E-state index in [4.69, 9.17) is 9.84 Å². The molecule has 2 aromatic carbocycles. The lowest BCUT2D eigenvalue weighted by Crippen LogP contribution is -2.37. The van der Waals surface area contributed by atoms with Gasteiger partial charge >= 0.3 is 12.1 Å². The summed E-state index contributed by atoms with van der Waals surface area (Å²) in [6.07, 6.45) is 0.149. The Labute approximate surface area is 181 Å². The first kappa shape index (κ1) is 20.9. The summed E-state index contributed by atoms with van der Waals surface area (Å²) in [6.45, 7) is 2.41. The third kappa shape index (κ3) is 4.40. The first-order chi connectivity index (χ1) is 15.0. The maximum atomic E-state index is 12.4. The maximum Gasteiger partial charge on any atom is 0.407 e. The highest BCUT2D eigenvalue weighted by atomic mass is 16.5. The number of aliphatic carboxylic acids is 1. The Balaban J connectivity index is 1.28. The second kappa shape index (κ2) is 8.79. The van der Waals surface area contributed by atoms with Gasteiger partial charge in [0.15, 0.2) is 0 Å². The number of carbonyl (C=O) groups is 3. The number of hydrogen-bond donors (Lipinski definition) is 2. The van der Waals surface area contributed by atoms with Crippen molar-refractivity contribution in [2.75, 3.05) is 26.2 Å². The first-order valence-electron chi connectivity index (χ1n) is 10.6. The van der Waals surface area contributed by atoms with E-state index in [1.807, 2.05) is 24.3 Å². The summed E-state index contributed by atoms with van der Waals surface area (Å²) in [6, 6.07) is 16.3. The minimum atomic E-state index is -1.02. The highest BCUT2D eigenvalue weighted by Crippen LogP contribution is 2.44. The number of hydrogen-bond acceptors (Lipinski definition) is 4. The molecule has 1 saturated carbocycles. The number of carboxylic acid groups (broad SMARTS) is 1. The molecule has 0 unspecified atom stereocenters. The van der Waals surface area contributed by atoms with Gasteiger partial charge in [-0.3, -0.25) is 9.59 Å². The van der Waals surface area contributed by atoms with E-state index >= 15 is 0 Å². The SMILES string of the molecule is CCN(CC(=O)O)C(=O)[C@@H]1C[C@@H]1CNC(=O)OCC1c2ccccc2-c2ccccc21. The molecule has 0 saturated heterocycles. The van der Waals surface area contributed by atoms with Crippen molar-refractivity contribution in [3.63, 3.8) is 0 Å². The second-order valence-corrected chi connectivity index (χ2v) is 8.05. The minimum Gasteiger partial charge on any atom is -0.480 e. The van der Waals surface area contributed by atoms with E-state index in [0.29, 0.717) is 19.5 Å². The van der Waals surface area contributed by atoms with Crippen LogP contribution < -0.4 is 5.32 Å². The number of nitrogens with one attached hydrogen (secondary N) is 1. The van der Waals surface area contributed by atoms with E-state index in [0.717, 1.165) is 11.1 Å². The van der Waals surface area contributed by atoms with Gasteiger partial charge in [0, 0.05) is 24.9 Å². The van der Waals surface area contributed by atoms with Crippen LogP contribution in [0.1, 0.15) is 30.4 Å². The summed E-state index contributed by atoms with van der Waals surface area (Å²) < 4.78 is 5.51. The van der Waals surface area contributed by atoms with E-state index in [1.54, 1.807) is 6.92 Å². The van der Waals surface area contributed by atoms with Crippen molar-refractivity contribution in [3.8, 4) is 11.1 Å². The first-order valence-corrected chi connectivity index (χ1v) is 10.6. The van der Waals surface area contributed by atoms with Crippen LogP contribution in [-0.2, 0) is 14.3 Å². The molecule has 0 bridgehead atoms. The van der Waals surface area contributed by atoms with Gasteiger partial charge in [0.05, 0.1) is 0 Å². The molecule has 2 aromatic rings. The zero-order valence-electron chi connectivity index (χ0n) is 17.4. The van der Waals surface area contributed by atoms with Gasteiger partial charge in [0.25, 0.3) is 0 Å². The van der Waals surface area contributed by atoms with Crippen LogP contribution in [0.2, 0.25) is 0 Å². The molecule has 162 valence electrons. The van der Waals surface area contributed by atoms with Crippen molar-refractivity contribution in [1.29, 1.82) is 0 Å². The molecule has 2 atom stereocenters. The smallest absolute Gasteiger partial charge is 0.407 e. The van der Waals surface area contributed by atoms with Crippen molar-refractivity contribution in [3.05, 3.63) is 59.7 Å². The van der Waals surface area contributed by atoms with Gasteiger partial charge in [-0.2, -0.15) is 0 Å². The van der Waals surface area contributed by atoms with Crippen molar-refractivity contribution in [2.45, 2.75) is 19.3 Å². The maximum absolute atomic E-state index is 12.4. The third-order valence-corrected chi connectivity index (χ3v) is 6.11. The molecule has 4 rings (SSSR count). The van der Waals surface area contributed by atoms with Gasteiger partial charge in [0.1, 0.15) is 13.2 Å². The zero-order chi connectivity index (χ0) is 22.0. The molecule has 7 nitrogen and oxygen atoms in total. The summed E-state index contributed by atoms with van der Waals surface area (Å²) in [4.78, 5) is 36.9. The molecule has 0 spiro atoms. The van der Waals surface area contributed by atoms with Crippen LogP contribution in [0.3, 0.4) is 0 Å². The van der Waals surface area contributed by atoms with Crippen LogP contribution in [0.15, 0.2) is 48.5 Å². The second-order valence-electron chi connectivity index (χ2n) is 8.05. The molecule has 2 N–H and O–H groups in total. The molecular formula is C24H26N2O5. The summed E-state index contributed by atoms with van der Waals surface area (Å²) in [5.41, 5.74) is 4.66. The number of amides is 2. The molecule has 0 heterocycles. The predicted molar refractivity (Wildman–Crippen MR) is 115 cm³/mol. The number of carboxylic acids is 1. The average molecular weight is 422 g/mol. The van der Waals surface area contributed by atoms with Crippen LogP contribution in [0.5, 0.6) is 0 Å². The number of benzene rings is 2. The van der Waals surface area contributed by atoms with Gasteiger partial charge in [-0.05, 0) is 41.5 Å². The molecule has 2 aliphatic carbocycles. The minimum absolute atomic E-state index is 0.00234. The molecule has 31 heavy (non-hydrogen) atoms. The lowest BCUT2D eigenvalue weighted by molar-refractivity contribution is -0.145. The molecule has 7 heteroatoms. The molecule has 2 aliphatic rings. The molecule has 2 amide bonds. The van der Waals surface area contributed by atoms with E-state index in [-0.39, 0.29) is 36.8 Å². The number of fused-ring (bicyclic) bond motifs is 3. The number of ether oxygens (including phenoxy) is 1. The number of nitrogens with zero attached hydrogens (tertiary/aromatic N) is 1. The monoisotopic (exact) mass is 422 g/mol. The van der Waals surface area contributed by atoms with Crippen LogP contribution in [0.4, 0.5) is 4.79 Å². The van der Waals surface area contributed by atoms with E-state index in [1.165, 1.54) is 16.0 Å². The lowest BCUT2D eigenvalue weighted by Gasteiger charge is -2.18. The molecule has 0 aliphatic heterocycles. The van der Waals surface area contributed by atoms with E-state index in [2.05, 4.69) is 29.6 Å².